The van der Waals surface area contributed by atoms with Crippen LogP contribution in [0.2, 0.25) is 0 Å². The van der Waals surface area contributed by atoms with E-state index in [9.17, 15) is 9.50 Å². The van der Waals surface area contributed by atoms with Crippen LogP contribution in [-0.2, 0) is 13.0 Å². The molecule has 0 aromatic heterocycles. The molecule has 0 spiro atoms. The largest absolute Gasteiger partial charge is 0.508 e. The van der Waals surface area contributed by atoms with Gasteiger partial charge in [-0.3, -0.25) is 0 Å². The van der Waals surface area contributed by atoms with Gasteiger partial charge in [0.2, 0.25) is 0 Å². The summed E-state index contributed by atoms with van der Waals surface area (Å²) < 4.78 is 19.3. The summed E-state index contributed by atoms with van der Waals surface area (Å²) in [5.74, 6) is 0.916. The van der Waals surface area contributed by atoms with E-state index in [2.05, 4.69) is 28.1 Å². The Kier molecular flexibility index (Phi) is 8.04. The summed E-state index contributed by atoms with van der Waals surface area (Å²) in [4.78, 5) is 0. The lowest BCUT2D eigenvalue weighted by molar-refractivity contribution is 0.304. The second kappa shape index (κ2) is 11.2. The fraction of sp³-hybridized carbons (Fsp3) is 0.0769. The lowest BCUT2D eigenvalue weighted by Crippen LogP contribution is -1.95. The van der Waals surface area contributed by atoms with Gasteiger partial charge in [-0.05, 0) is 63.0 Å². The molecule has 0 atom stereocenters. The van der Waals surface area contributed by atoms with E-state index in [4.69, 9.17) is 4.74 Å². The Morgan fingerprint density at radius 1 is 0.700 bits per heavy atom. The Balaban J connectivity index is 0.000000171. The van der Waals surface area contributed by atoms with Gasteiger partial charge in [0.15, 0.2) is 0 Å². The van der Waals surface area contributed by atoms with Crippen molar-refractivity contribution in [2.75, 3.05) is 0 Å². The number of hydrogen-bond acceptors (Lipinski definition) is 2. The summed E-state index contributed by atoms with van der Waals surface area (Å²) in [5.41, 5.74) is 3.01. The van der Waals surface area contributed by atoms with Crippen molar-refractivity contribution in [2.45, 2.75) is 13.0 Å². The molecule has 0 bridgehead atoms. The number of hydrogen-bond donors (Lipinski definition) is 1. The average Bonchev–Trinajstić information content (AvgIpc) is 2.77. The molecule has 0 heterocycles. The first-order chi connectivity index (χ1) is 14.6. The maximum absolute atomic E-state index is 12.7. The Bertz CT molecular complexity index is 1050. The van der Waals surface area contributed by atoms with E-state index < -0.39 is 0 Å². The summed E-state index contributed by atoms with van der Waals surface area (Å²) in [6.45, 7) is 0.601. The number of halogens is 2. The van der Waals surface area contributed by atoms with Crippen LogP contribution in [0, 0.1) is 5.82 Å². The average molecular weight is 465 g/mol. The third kappa shape index (κ3) is 6.75. The summed E-state index contributed by atoms with van der Waals surface area (Å²) >= 11 is 3.44. The number of benzene rings is 4. The fourth-order valence-corrected chi connectivity index (χ4v) is 3.18. The first-order valence-corrected chi connectivity index (χ1v) is 10.3. The summed E-state index contributed by atoms with van der Waals surface area (Å²) in [7, 11) is 0. The van der Waals surface area contributed by atoms with Crippen LogP contribution in [0.4, 0.5) is 4.39 Å². The molecule has 0 aliphatic rings. The zero-order valence-corrected chi connectivity index (χ0v) is 17.9. The predicted octanol–water partition coefficient (Wildman–Crippen LogP) is 7.15. The lowest BCUT2D eigenvalue weighted by atomic mass is 10.0. The normalized spacial score (nSPS) is 10.1. The van der Waals surface area contributed by atoms with Crippen LogP contribution >= 0.6 is 15.9 Å². The number of phenols is 1. The zero-order chi connectivity index (χ0) is 21.2. The van der Waals surface area contributed by atoms with E-state index in [0.29, 0.717) is 13.0 Å². The van der Waals surface area contributed by atoms with Crippen LogP contribution in [0.15, 0.2) is 108 Å². The molecule has 0 aliphatic heterocycles. The topological polar surface area (TPSA) is 29.5 Å². The SMILES string of the molecule is Brc1ccccc1OCc1ccccc1.Oc1ccccc1Cc1ccc(F)cc1. The van der Waals surface area contributed by atoms with E-state index in [-0.39, 0.29) is 11.6 Å². The monoisotopic (exact) mass is 464 g/mol. The van der Waals surface area contributed by atoms with Gasteiger partial charge in [-0.1, -0.05) is 72.8 Å². The molecule has 1 N–H and O–H groups in total. The molecule has 0 radical (unpaired) electrons. The minimum Gasteiger partial charge on any atom is -0.508 e. The minimum absolute atomic E-state index is 0.240. The van der Waals surface area contributed by atoms with Crippen molar-refractivity contribution in [2.24, 2.45) is 0 Å². The van der Waals surface area contributed by atoms with Gasteiger partial charge in [-0.25, -0.2) is 4.39 Å². The summed E-state index contributed by atoms with van der Waals surface area (Å²) in [5, 5.41) is 9.55. The van der Waals surface area contributed by atoms with Crippen LogP contribution in [0.1, 0.15) is 16.7 Å². The molecule has 152 valence electrons. The fourth-order valence-electron chi connectivity index (χ4n) is 2.78. The molecule has 0 fully saturated rings. The molecule has 2 nitrogen and oxygen atoms in total. The van der Waals surface area contributed by atoms with Crippen molar-refractivity contribution in [1.82, 2.24) is 0 Å². The molecule has 4 aromatic carbocycles. The highest BCUT2D eigenvalue weighted by Crippen LogP contribution is 2.24. The van der Waals surface area contributed by atoms with E-state index in [1.807, 2.05) is 54.6 Å². The molecule has 30 heavy (non-hydrogen) atoms. The number of aromatic hydroxyl groups is 1. The highest BCUT2D eigenvalue weighted by molar-refractivity contribution is 9.10. The number of rotatable bonds is 5. The molecule has 0 aliphatic carbocycles. The van der Waals surface area contributed by atoms with Gasteiger partial charge >= 0.3 is 0 Å². The molecular formula is C26H22BrFO2. The Labute approximate surface area is 184 Å². The summed E-state index contributed by atoms with van der Waals surface area (Å²) in [6, 6.07) is 31.5. The first-order valence-electron chi connectivity index (χ1n) is 9.54. The highest BCUT2D eigenvalue weighted by Gasteiger charge is 2.01. The van der Waals surface area contributed by atoms with Gasteiger partial charge in [0, 0.05) is 6.42 Å². The quantitative estimate of drug-likeness (QED) is 0.339. The molecule has 4 rings (SSSR count). The molecule has 4 heteroatoms. The van der Waals surface area contributed by atoms with Crippen LogP contribution in [0.5, 0.6) is 11.5 Å². The number of ether oxygens (including phenoxy) is 1. The van der Waals surface area contributed by atoms with E-state index in [0.717, 1.165) is 21.3 Å². The summed E-state index contributed by atoms with van der Waals surface area (Å²) in [6.07, 6.45) is 0.618. The molecule has 0 saturated heterocycles. The lowest BCUT2D eigenvalue weighted by Gasteiger charge is -2.07. The number of phenolic OH excluding ortho intramolecular Hbond substituents is 1. The van der Waals surface area contributed by atoms with Gasteiger partial charge in [0.05, 0.1) is 4.47 Å². The van der Waals surface area contributed by atoms with Crippen molar-refractivity contribution in [3.63, 3.8) is 0 Å². The van der Waals surface area contributed by atoms with Crippen LogP contribution in [0.3, 0.4) is 0 Å². The van der Waals surface area contributed by atoms with E-state index in [1.54, 1.807) is 24.3 Å². The van der Waals surface area contributed by atoms with Crippen molar-refractivity contribution in [3.8, 4) is 11.5 Å². The second-order valence-corrected chi connectivity index (χ2v) is 7.49. The molecular weight excluding hydrogens is 443 g/mol. The van der Waals surface area contributed by atoms with E-state index >= 15 is 0 Å². The Morgan fingerprint density at radius 2 is 1.33 bits per heavy atom. The maximum atomic E-state index is 12.7. The third-order valence-electron chi connectivity index (χ3n) is 4.37. The van der Waals surface area contributed by atoms with Crippen molar-refractivity contribution in [3.05, 3.63) is 130 Å². The van der Waals surface area contributed by atoms with Gasteiger partial charge in [-0.15, -0.1) is 0 Å². The van der Waals surface area contributed by atoms with Crippen LogP contribution < -0.4 is 4.74 Å². The van der Waals surface area contributed by atoms with Crippen LogP contribution in [-0.4, -0.2) is 5.11 Å². The van der Waals surface area contributed by atoms with Gasteiger partial charge < -0.3 is 9.84 Å². The minimum atomic E-state index is -0.240. The zero-order valence-electron chi connectivity index (χ0n) is 16.3. The third-order valence-corrected chi connectivity index (χ3v) is 5.03. The number of para-hydroxylation sites is 2. The molecule has 0 unspecified atom stereocenters. The molecule has 0 amide bonds. The van der Waals surface area contributed by atoms with Gasteiger partial charge in [0.25, 0.3) is 0 Å². The van der Waals surface area contributed by atoms with E-state index in [1.165, 1.54) is 17.7 Å². The van der Waals surface area contributed by atoms with Gasteiger partial charge in [0.1, 0.15) is 23.9 Å². The molecule has 0 saturated carbocycles. The highest BCUT2D eigenvalue weighted by atomic mass is 79.9. The standard InChI is InChI=1S/C13H11BrO.C13H11FO/c14-12-8-4-5-9-13(12)15-10-11-6-2-1-3-7-11;14-12-7-5-10(6-8-12)9-11-3-1-2-4-13(11)15/h1-9H,10H2;1-8,15H,9H2. The smallest absolute Gasteiger partial charge is 0.133 e. The molecule has 4 aromatic rings. The van der Waals surface area contributed by atoms with Crippen molar-refractivity contribution >= 4 is 15.9 Å². The first kappa shape index (κ1) is 21.6. The van der Waals surface area contributed by atoms with Crippen molar-refractivity contribution < 1.29 is 14.2 Å². The maximum Gasteiger partial charge on any atom is 0.133 e. The predicted molar refractivity (Wildman–Crippen MR) is 122 cm³/mol. The van der Waals surface area contributed by atoms with Gasteiger partial charge in [-0.2, -0.15) is 0 Å². The van der Waals surface area contributed by atoms with Crippen LogP contribution in [0.25, 0.3) is 0 Å². The Hall–Kier alpha value is -3.11. The second-order valence-electron chi connectivity index (χ2n) is 6.64. The van der Waals surface area contributed by atoms with Crippen molar-refractivity contribution in [1.29, 1.82) is 0 Å². The Morgan fingerprint density at radius 3 is 2.03 bits per heavy atom.